The lowest BCUT2D eigenvalue weighted by Crippen LogP contribution is -2.61. The third-order valence-electron chi connectivity index (χ3n) is 6.13. The van der Waals surface area contributed by atoms with Crippen molar-refractivity contribution < 1.29 is 33.8 Å². The fraction of sp³-hybridized carbons (Fsp3) is 0.522. The molecule has 2 unspecified atom stereocenters. The first-order valence-corrected chi connectivity index (χ1v) is 11.5. The predicted molar refractivity (Wildman–Crippen MR) is 124 cm³/mol. The van der Waals surface area contributed by atoms with Crippen LogP contribution in [0.2, 0.25) is 0 Å². The third-order valence-corrected chi connectivity index (χ3v) is 6.13. The number of rotatable bonds is 4. The second-order valence-corrected chi connectivity index (χ2v) is 9.84. The molecule has 0 bridgehead atoms. The molecular weight excluding hydrogens is 458 g/mol. The van der Waals surface area contributed by atoms with Gasteiger partial charge < -0.3 is 30.3 Å². The molecule has 3 heterocycles. The number of aromatic carboxylic acids is 1. The maximum Gasteiger partial charge on any atom is 0.410 e. The average Bonchev–Trinajstić information content (AvgIpc) is 2.77. The first kappa shape index (κ1) is 24.5. The maximum atomic E-state index is 12.8. The molecule has 4 rings (SSSR count). The van der Waals surface area contributed by atoms with E-state index in [-0.39, 0.29) is 36.9 Å². The molecule has 0 saturated carbocycles. The van der Waals surface area contributed by atoms with Crippen LogP contribution in [0.15, 0.2) is 12.1 Å². The van der Waals surface area contributed by atoms with Gasteiger partial charge in [-0.15, -0.1) is 0 Å². The van der Waals surface area contributed by atoms with Crippen molar-refractivity contribution in [3.8, 4) is 0 Å². The number of carbonyl (C=O) groups is 5. The second-order valence-electron chi connectivity index (χ2n) is 9.84. The van der Waals surface area contributed by atoms with E-state index in [0.29, 0.717) is 36.4 Å². The summed E-state index contributed by atoms with van der Waals surface area (Å²) in [6, 6.07) is 1.83. The zero-order valence-corrected chi connectivity index (χ0v) is 19.8. The smallest absolute Gasteiger partial charge is 0.410 e. The van der Waals surface area contributed by atoms with E-state index in [0.717, 1.165) is 0 Å². The van der Waals surface area contributed by atoms with E-state index in [1.54, 1.807) is 26.8 Å². The van der Waals surface area contributed by atoms with Crippen LogP contribution in [0.3, 0.4) is 0 Å². The standard InChI is InChI=1S/C23H29N5O7/c1-23(2,3)35-22(34)27-6-7-28-16-8-12(10-24-14-4-5-18(29)26-19(14)30)13(21(32)33)9-15(16)25-20(31)17(28)11-27/h8-9,14,17,24H,4-7,10-11H2,1-3H3,(H,25,31)(H,32,33)(H,26,29,30). The van der Waals surface area contributed by atoms with Gasteiger partial charge in [-0.25, -0.2) is 9.59 Å². The molecule has 12 heteroatoms. The zero-order valence-electron chi connectivity index (χ0n) is 19.8. The number of carbonyl (C=O) groups excluding carboxylic acids is 4. The number of amides is 4. The maximum absolute atomic E-state index is 12.8. The minimum Gasteiger partial charge on any atom is -0.478 e. The highest BCUT2D eigenvalue weighted by molar-refractivity contribution is 6.06. The Morgan fingerprint density at radius 3 is 2.54 bits per heavy atom. The van der Waals surface area contributed by atoms with Crippen LogP contribution in [0.5, 0.6) is 0 Å². The van der Waals surface area contributed by atoms with Crippen molar-refractivity contribution in [2.75, 3.05) is 29.9 Å². The molecule has 188 valence electrons. The van der Waals surface area contributed by atoms with E-state index < -0.39 is 35.7 Å². The molecule has 3 aliphatic rings. The summed E-state index contributed by atoms with van der Waals surface area (Å²) in [5, 5.41) is 17.8. The summed E-state index contributed by atoms with van der Waals surface area (Å²) < 4.78 is 5.44. The van der Waals surface area contributed by atoms with Gasteiger partial charge in [0.05, 0.1) is 29.5 Å². The summed E-state index contributed by atoms with van der Waals surface area (Å²) in [5.74, 6) is -2.28. The molecule has 1 aromatic carbocycles. The quantitative estimate of drug-likeness (QED) is 0.448. The number of nitrogens with one attached hydrogen (secondary N) is 3. The Hall–Kier alpha value is -3.67. The van der Waals surface area contributed by atoms with Crippen molar-refractivity contribution >= 4 is 41.2 Å². The summed E-state index contributed by atoms with van der Waals surface area (Å²) in [7, 11) is 0. The minimum absolute atomic E-state index is 0.00492. The zero-order chi connectivity index (χ0) is 25.5. The van der Waals surface area contributed by atoms with Gasteiger partial charge in [-0.2, -0.15) is 0 Å². The number of carboxylic acid groups (broad SMARTS) is 1. The third kappa shape index (κ3) is 5.21. The minimum atomic E-state index is -1.17. The number of carboxylic acids is 1. The Morgan fingerprint density at radius 2 is 1.89 bits per heavy atom. The number of nitrogens with zero attached hydrogens (tertiary/aromatic N) is 2. The number of ether oxygens (including phenoxy) is 1. The molecule has 0 aromatic heterocycles. The lowest BCUT2D eigenvalue weighted by molar-refractivity contribution is -0.134. The normalized spacial score (nSPS) is 22.1. The monoisotopic (exact) mass is 487 g/mol. The van der Waals surface area contributed by atoms with E-state index in [2.05, 4.69) is 16.0 Å². The van der Waals surface area contributed by atoms with Crippen LogP contribution in [-0.4, -0.2) is 77.1 Å². The van der Waals surface area contributed by atoms with Gasteiger partial charge >= 0.3 is 12.1 Å². The van der Waals surface area contributed by atoms with Crippen LogP contribution < -0.4 is 20.9 Å². The SMILES string of the molecule is CC(C)(C)OC(=O)N1CCN2c3cc(CNC4CCC(=O)NC4=O)c(C(=O)O)cc3NC(=O)C2C1. The number of benzene rings is 1. The number of anilines is 2. The number of piperidine rings is 1. The predicted octanol–water partition coefficient (Wildman–Crippen LogP) is 0.657. The van der Waals surface area contributed by atoms with E-state index in [1.807, 2.05) is 4.90 Å². The van der Waals surface area contributed by atoms with Gasteiger partial charge in [-0.1, -0.05) is 0 Å². The first-order valence-electron chi connectivity index (χ1n) is 11.5. The van der Waals surface area contributed by atoms with Crippen LogP contribution in [0.25, 0.3) is 0 Å². The molecule has 4 amide bonds. The Labute approximate surface area is 202 Å². The largest absolute Gasteiger partial charge is 0.478 e. The molecular formula is C23H29N5O7. The van der Waals surface area contributed by atoms with Crippen LogP contribution >= 0.6 is 0 Å². The van der Waals surface area contributed by atoms with Crippen LogP contribution in [-0.2, 0) is 25.7 Å². The van der Waals surface area contributed by atoms with Crippen molar-refractivity contribution in [1.29, 1.82) is 0 Å². The molecule has 0 radical (unpaired) electrons. The highest BCUT2D eigenvalue weighted by Crippen LogP contribution is 2.36. The Balaban J connectivity index is 1.56. The number of hydrogen-bond donors (Lipinski definition) is 4. The lowest BCUT2D eigenvalue weighted by Gasteiger charge is -2.45. The molecule has 3 aliphatic heterocycles. The van der Waals surface area contributed by atoms with Gasteiger partial charge in [-0.05, 0) is 44.9 Å². The van der Waals surface area contributed by atoms with Crippen LogP contribution in [0.1, 0.15) is 49.5 Å². The van der Waals surface area contributed by atoms with Crippen molar-refractivity contribution in [1.82, 2.24) is 15.5 Å². The van der Waals surface area contributed by atoms with Crippen molar-refractivity contribution in [2.45, 2.75) is 57.8 Å². The van der Waals surface area contributed by atoms with Crippen LogP contribution in [0, 0.1) is 0 Å². The molecule has 2 fully saturated rings. The molecule has 35 heavy (non-hydrogen) atoms. The highest BCUT2D eigenvalue weighted by atomic mass is 16.6. The number of hydrogen-bond acceptors (Lipinski definition) is 8. The fourth-order valence-electron chi connectivity index (χ4n) is 4.44. The molecule has 4 N–H and O–H groups in total. The van der Waals surface area contributed by atoms with E-state index in [9.17, 15) is 29.1 Å². The summed E-state index contributed by atoms with van der Waals surface area (Å²) in [6.45, 7) is 6.22. The summed E-state index contributed by atoms with van der Waals surface area (Å²) in [4.78, 5) is 64.1. The van der Waals surface area contributed by atoms with Crippen molar-refractivity contribution in [3.05, 3.63) is 23.3 Å². The van der Waals surface area contributed by atoms with Crippen molar-refractivity contribution in [2.24, 2.45) is 0 Å². The highest BCUT2D eigenvalue weighted by Gasteiger charge is 2.40. The Kier molecular flexibility index (Phi) is 6.41. The summed E-state index contributed by atoms with van der Waals surface area (Å²) >= 11 is 0. The Bertz CT molecular complexity index is 1100. The van der Waals surface area contributed by atoms with Gasteiger partial charge in [0.25, 0.3) is 0 Å². The molecule has 2 saturated heterocycles. The lowest BCUT2D eigenvalue weighted by atomic mass is 9.98. The molecule has 12 nitrogen and oxygen atoms in total. The van der Waals surface area contributed by atoms with E-state index in [4.69, 9.17) is 4.74 Å². The van der Waals surface area contributed by atoms with Gasteiger partial charge in [0.15, 0.2) is 0 Å². The fourth-order valence-corrected chi connectivity index (χ4v) is 4.44. The van der Waals surface area contributed by atoms with E-state index >= 15 is 0 Å². The van der Waals surface area contributed by atoms with Crippen molar-refractivity contribution in [3.63, 3.8) is 0 Å². The summed E-state index contributed by atoms with van der Waals surface area (Å²) in [5.41, 5.74) is 0.788. The van der Waals surface area contributed by atoms with Gasteiger partial charge in [0, 0.05) is 26.1 Å². The number of piperazine rings is 1. The van der Waals surface area contributed by atoms with Gasteiger partial charge in [0.1, 0.15) is 11.6 Å². The molecule has 2 atom stereocenters. The molecule has 0 spiro atoms. The second kappa shape index (κ2) is 9.17. The van der Waals surface area contributed by atoms with Gasteiger partial charge in [-0.3, -0.25) is 19.7 Å². The number of fused-ring (bicyclic) bond motifs is 3. The average molecular weight is 488 g/mol. The van der Waals surface area contributed by atoms with Crippen LogP contribution in [0.4, 0.5) is 16.2 Å². The van der Waals surface area contributed by atoms with E-state index in [1.165, 1.54) is 11.0 Å². The molecule has 1 aromatic rings. The molecule has 0 aliphatic carbocycles. The number of imide groups is 1. The topological polar surface area (TPSA) is 157 Å². The van der Waals surface area contributed by atoms with Gasteiger partial charge in [0.2, 0.25) is 17.7 Å². The summed E-state index contributed by atoms with van der Waals surface area (Å²) in [6.07, 6.45) is 0.0312. The Morgan fingerprint density at radius 1 is 1.14 bits per heavy atom. The first-order chi connectivity index (χ1) is 16.4.